The lowest BCUT2D eigenvalue weighted by Gasteiger charge is -2.43. The van der Waals surface area contributed by atoms with Gasteiger partial charge < -0.3 is 5.32 Å². The first-order valence-electron chi connectivity index (χ1n) is 7.57. The van der Waals surface area contributed by atoms with Crippen molar-refractivity contribution in [2.45, 2.75) is 32.2 Å². The summed E-state index contributed by atoms with van der Waals surface area (Å²) in [6.07, 6.45) is 3.65. The SMILES string of the molecule is Cc1ccc(Cl)c([C@@H](C2CCC2)N2CCNCC2)c1F.Cl. The Morgan fingerprint density at radius 1 is 1.29 bits per heavy atom. The third kappa shape index (κ3) is 3.37. The molecule has 1 aromatic rings. The van der Waals surface area contributed by atoms with Crippen LogP contribution in [0.5, 0.6) is 0 Å². The molecule has 0 aromatic heterocycles. The third-order valence-electron chi connectivity index (χ3n) is 4.76. The molecule has 1 aliphatic carbocycles. The van der Waals surface area contributed by atoms with E-state index in [1.807, 2.05) is 13.0 Å². The molecule has 5 heteroatoms. The third-order valence-corrected chi connectivity index (χ3v) is 5.09. The summed E-state index contributed by atoms with van der Waals surface area (Å²) in [7, 11) is 0. The number of piperazine rings is 1. The van der Waals surface area contributed by atoms with Crippen molar-refractivity contribution >= 4 is 24.0 Å². The molecule has 0 unspecified atom stereocenters. The van der Waals surface area contributed by atoms with Crippen molar-refractivity contribution in [3.05, 3.63) is 34.1 Å². The summed E-state index contributed by atoms with van der Waals surface area (Å²) in [5, 5.41) is 3.95. The first-order valence-corrected chi connectivity index (χ1v) is 7.95. The van der Waals surface area contributed by atoms with Crippen molar-refractivity contribution in [3.63, 3.8) is 0 Å². The maximum Gasteiger partial charge on any atom is 0.132 e. The van der Waals surface area contributed by atoms with Gasteiger partial charge in [-0.25, -0.2) is 4.39 Å². The standard InChI is InChI=1S/C16H22ClFN2.ClH/c1-11-5-6-13(17)14(15(11)18)16(12-3-2-4-12)20-9-7-19-8-10-20;/h5-6,12,16,19H,2-4,7-10H2,1H3;1H/t16-;/m1./s1. The van der Waals surface area contributed by atoms with Crippen LogP contribution < -0.4 is 5.32 Å². The molecule has 2 fully saturated rings. The van der Waals surface area contributed by atoms with E-state index in [4.69, 9.17) is 11.6 Å². The molecule has 118 valence electrons. The largest absolute Gasteiger partial charge is 0.314 e. The fourth-order valence-electron chi connectivity index (χ4n) is 3.38. The Bertz CT molecular complexity index is 485. The molecule has 0 spiro atoms. The second-order valence-corrected chi connectivity index (χ2v) is 6.42. The molecule has 1 atom stereocenters. The van der Waals surface area contributed by atoms with Gasteiger partial charge in [-0.1, -0.05) is 24.1 Å². The molecule has 1 saturated carbocycles. The van der Waals surface area contributed by atoms with Crippen molar-refractivity contribution < 1.29 is 4.39 Å². The summed E-state index contributed by atoms with van der Waals surface area (Å²) < 4.78 is 14.7. The summed E-state index contributed by atoms with van der Waals surface area (Å²) >= 11 is 6.36. The van der Waals surface area contributed by atoms with Gasteiger partial charge in [-0.15, -0.1) is 12.4 Å². The molecule has 0 amide bonds. The highest BCUT2D eigenvalue weighted by Gasteiger charge is 2.36. The number of nitrogens with zero attached hydrogens (tertiary/aromatic N) is 1. The highest BCUT2D eigenvalue weighted by atomic mass is 35.5. The molecular weight excluding hydrogens is 310 g/mol. The first kappa shape index (κ1) is 17.0. The van der Waals surface area contributed by atoms with Crippen molar-refractivity contribution in [2.75, 3.05) is 26.2 Å². The van der Waals surface area contributed by atoms with E-state index in [2.05, 4.69) is 10.2 Å². The van der Waals surface area contributed by atoms with E-state index >= 15 is 0 Å². The van der Waals surface area contributed by atoms with Gasteiger partial charge in [0.2, 0.25) is 0 Å². The summed E-state index contributed by atoms with van der Waals surface area (Å²) in [4.78, 5) is 2.42. The fraction of sp³-hybridized carbons (Fsp3) is 0.625. The summed E-state index contributed by atoms with van der Waals surface area (Å²) in [5.74, 6) is 0.454. The molecule has 1 saturated heterocycles. The van der Waals surface area contributed by atoms with Crippen LogP contribution in [0.2, 0.25) is 5.02 Å². The summed E-state index contributed by atoms with van der Waals surface area (Å²) in [6, 6.07) is 3.78. The number of aryl methyl sites for hydroxylation is 1. The average Bonchev–Trinajstić information content (AvgIpc) is 2.41. The van der Waals surface area contributed by atoms with Gasteiger partial charge in [-0.3, -0.25) is 4.90 Å². The van der Waals surface area contributed by atoms with E-state index in [0.717, 1.165) is 31.7 Å². The lowest BCUT2D eigenvalue weighted by atomic mass is 9.76. The van der Waals surface area contributed by atoms with Gasteiger partial charge in [0.25, 0.3) is 0 Å². The second-order valence-electron chi connectivity index (χ2n) is 6.01. The van der Waals surface area contributed by atoms with Crippen molar-refractivity contribution in [3.8, 4) is 0 Å². The van der Waals surface area contributed by atoms with Crippen molar-refractivity contribution in [1.29, 1.82) is 0 Å². The van der Waals surface area contributed by atoms with E-state index in [1.54, 1.807) is 6.07 Å². The summed E-state index contributed by atoms with van der Waals surface area (Å²) in [5.41, 5.74) is 1.43. The van der Waals surface area contributed by atoms with Crippen LogP contribution in [0.4, 0.5) is 4.39 Å². The quantitative estimate of drug-likeness (QED) is 0.901. The van der Waals surface area contributed by atoms with Gasteiger partial charge >= 0.3 is 0 Å². The topological polar surface area (TPSA) is 15.3 Å². The van der Waals surface area contributed by atoms with Crippen molar-refractivity contribution in [2.24, 2.45) is 5.92 Å². The van der Waals surface area contributed by atoms with Crippen LogP contribution >= 0.6 is 24.0 Å². The van der Waals surface area contributed by atoms with E-state index in [0.29, 0.717) is 16.5 Å². The van der Waals surface area contributed by atoms with Crippen LogP contribution in [-0.4, -0.2) is 31.1 Å². The molecule has 2 nitrogen and oxygen atoms in total. The lowest BCUT2D eigenvalue weighted by Crippen LogP contribution is -2.48. The minimum absolute atomic E-state index is 0. The molecular formula is C16H23Cl2FN2. The Kier molecular flexibility index (Phi) is 5.89. The van der Waals surface area contributed by atoms with Crippen LogP contribution in [0.1, 0.15) is 36.4 Å². The number of hydrogen-bond acceptors (Lipinski definition) is 2. The van der Waals surface area contributed by atoms with Gasteiger partial charge in [0.15, 0.2) is 0 Å². The van der Waals surface area contributed by atoms with Gasteiger partial charge in [0.05, 0.1) is 0 Å². The average molecular weight is 333 g/mol. The molecule has 1 aromatic carbocycles. The van der Waals surface area contributed by atoms with E-state index in [9.17, 15) is 4.39 Å². The number of rotatable bonds is 3. The predicted molar refractivity (Wildman–Crippen MR) is 87.9 cm³/mol. The Labute approximate surface area is 137 Å². The first-order chi connectivity index (χ1) is 9.68. The normalized spacial score (nSPS) is 21.5. The Balaban J connectivity index is 0.00000161. The lowest BCUT2D eigenvalue weighted by molar-refractivity contribution is 0.0812. The highest BCUT2D eigenvalue weighted by molar-refractivity contribution is 6.31. The van der Waals surface area contributed by atoms with Gasteiger partial charge in [-0.2, -0.15) is 0 Å². The van der Waals surface area contributed by atoms with Gasteiger partial charge in [-0.05, 0) is 37.3 Å². The smallest absolute Gasteiger partial charge is 0.132 e. The second kappa shape index (κ2) is 7.28. The number of nitrogens with one attached hydrogen (secondary N) is 1. The van der Waals surface area contributed by atoms with Crippen LogP contribution in [0.15, 0.2) is 12.1 Å². The zero-order valence-electron chi connectivity index (χ0n) is 12.4. The molecule has 1 N–H and O–H groups in total. The minimum Gasteiger partial charge on any atom is -0.314 e. The Morgan fingerprint density at radius 3 is 2.52 bits per heavy atom. The van der Waals surface area contributed by atoms with E-state index in [-0.39, 0.29) is 24.3 Å². The van der Waals surface area contributed by atoms with Crippen LogP contribution in [0.25, 0.3) is 0 Å². The van der Waals surface area contributed by atoms with Crippen molar-refractivity contribution in [1.82, 2.24) is 10.2 Å². The maximum atomic E-state index is 14.7. The summed E-state index contributed by atoms with van der Waals surface area (Å²) in [6.45, 7) is 5.74. The zero-order valence-corrected chi connectivity index (χ0v) is 13.9. The van der Waals surface area contributed by atoms with E-state index < -0.39 is 0 Å². The number of hydrogen-bond donors (Lipinski definition) is 1. The molecule has 0 bridgehead atoms. The molecule has 1 heterocycles. The molecule has 21 heavy (non-hydrogen) atoms. The monoisotopic (exact) mass is 332 g/mol. The van der Waals surface area contributed by atoms with Crippen LogP contribution in [0, 0.1) is 18.7 Å². The number of halogens is 3. The molecule has 0 radical (unpaired) electrons. The van der Waals surface area contributed by atoms with Crippen LogP contribution in [-0.2, 0) is 0 Å². The minimum atomic E-state index is -0.104. The zero-order chi connectivity index (χ0) is 14.1. The molecule has 2 aliphatic rings. The van der Waals surface area contributed by atoms with Gasteiger partial charge in [0.1, 0.15) is 5.82 Å². The molecule has 1 aliphatic heterocycles. The van der Waals surface area contributed by atoms with Crippen LogP contribution in [0.3, 0.4) is 0 Å². The van der Waals surface area contributed by atoms with Gasteiger partial charge in [0, 0.05) is 42.8 Å². The fourth-order valence-corrected chi connectivity index (χ4v) is 3.64. The highest BCUT2D eigenvalue weighted by Crippen LogP contribution is 2.44. The number of benzene rings is 1. The van der Waals surface area contributed by atoms with E-state index in [1.165, 1.54) is 19.3 Å². The molecule has 3 rings (SSSR count). The Hall–Kier alpha value is -0.350. The predicted octanol–water partition coefficient (Wildman–Crippen LogP) is 3.96. The Morgan fingerprint density at radius 2 is 1.95 bits per heavy atom. The maximum absolute atomic E-state index is 14.7.